The van der Waals surface area contributed by atoms with E-state index in [1.807, 2.05) is 0 Å². The number of hydrogen-bond acceptors (Lipinski definition) is 12. The SMILES string of the molecule is CC[C@H](C)[C@@H]1NC(=O)CNC(=O)[C@H](CC(N)=O)NC(=O)[C@H](CC(C)C)NC(=O)CNC(=O)[C@H](CO)NC(=O)[C@H](CS)NC(=O)CNC(=O)[C@H](Cc2ccccc2)NC1=O. The van der Waals surface area contributed by atoms with Crippen molar-refractivity contribution in [1.29, 1.82) is 0 Å². The summed E-state index contributed by atoms with van der Waals surface area (Å²) in [7, 11) is 0. The number of aliphatic hydroxyl groups is 1. The third-order valence-electron chi connectivity index (χ3n) is 9.04. The van der Waals surface area contributed by atoms with Crippen LogP contribution in [0.1, 0.15) is 52.5 Å². The standard InChI is InChI=1S/C37H56N10O11S/c1-5-20(4)31-37(58)45-23(12-21-9-7-6-8-10-21)32(53)39-15-29(51)43-26(18-59)36(57)46-25(17-48)34(55)41-14-28(50)42-22(11-19(2)3)35(56)44-24(13-27(38)49)33(54)40-16-30(52)47-31/h6-10,19-20,22-26,31,48,59H,5,11-18H2,1-4H3,(H2,38,49)(H,39,53)(H,40,54)(H,41,55)(H,42,50)(H,43,51)(H,44,56)(H,45,58)(H,46,57)(H,47,52)/t20-,22-,23-,24-,25-,26-,31-/m0/s1. The summed E-state index contributed by atoms with van der Waals surface area (Å²) in [6.07, 6.45) is -0.290. The summed E-state index contributed by atoms with van der Waals surface area (Å²) in [6.45, 7) is 3.91. The van der Waals surface area contributed by atoms with Gasteiger partial charge in [-0.25, -0.2) is 0 Å². The van der Waals surface area contributed by atoms with Crippen molar-refractivity contribution in [2.45, 2.75) is 89.6 Å². The first kappa shape index (κ1) is 49.4. The topological polar surface area (TPSA) is 325 Å². The molecule has 59 heavy (non-hydrogen) atoms. The van der Waals surface area contributed by atoms with E-state index in [9.17, 15) is 53.1 Å². The molecule has 1 heterocycles. The third kappa shape index (κ3) is 17.3. The van der Waals surface area contributed by atoms with E-state index < -0.39 is 134 Å². The molecule has 0 unspecified atom stereocenters. The van der Waals surface area contributed by atoms with Gasteiger partial charge in [-0.1, -0.05) is 64.4 Å². The van der Waals surface area contributed by atoms with Gasteiger partial charge >= 0.3 is 0 Å². The van der Waals surface area contributed by atoms with Crippen LogP contribution in [0.4, 0.5) is 0 Å². The molecule has 22 heteroatoms. The van der Waals surface area contributed by atoms with Crippen molar-refractivity contribution in [1.82, 2.24) is 47.9 Å². The molecule has 21 nitrogen and oxygen atoms in total. The Bertz CT molecular complexity index is 1680. The minimum absolute atomic E-state index is 0.0321. The summed E-state index contributed by atoms with van der Waals surface area (Å²) >= 11 is 4.09. The number of nitrogens with one attached hydrogen (secondary N) is 9. The molecule has 0 radical (unpaired) electrons. The lowest BCUT2D eigenvalue weighted by molar-refractivity contribution is -0.135. The second-order valence-corrected chi connectivity index (χ2v) is 14.7. The first-order chi connectivity index (χ1) is 27.9. The summed E-state index contributed by atoms with van der Waals surface area (Å²) in [5.41, 5.74) is 5.99. The molecule has 0 aliphatic carbocycles. The number of rotatable bonds is 10. The van der Waals surface area contributed by atoms with Crippen LogP contribution in [0.2, 0.25) is 0 Å². The Hall–Kier alpha value is -5.77. The van der Waals surface area contributed by atoms with Crippen LogP contribution in [0.5, 0.6) is 0 Å². The number of primary amides is 1. The van der Waals surface area contributed by atoms with E-state index in [1.165, 1.54) is 0 Å². The fourth-order valence-corrected chi connectivity index (χ4v) is 5.91. The van der Waals surface area contributed by atoms with Gasteiger partial charge in [-0.05, 0) is 23.8 Å². The smallest absolute Gasteiger partial charge is 0.245 e. The van der Waals surface area contributed by atoms with Gasteiger partial charge < -0.3 is 58.7 Å². The van der Waals surface area contributed by atoms with Crippen LogP contribution >= 0.6 is 12.6 Å². The van der Waals surface area contributed by atoms with Crippen molar-refractivity contribution in [3.05, 3.63) is 35.9 Å². The van der Waals surface area contributed by atoms with Crippen molar-refractivity contribution in [3.63, 3.8) is 0 Å². The average Bonchev–Trinajstić information content (AvgIpc) is 3.19. The van der Waals surface area contributed by atoms with E-state index in [2.05, 4.69) is 60.5 Å². The molecular formula is C37H56N10O11S. The highest BCUT2D eigenvalue weighted by Crippen LogP contribution is 2.11. The number of benzene rings is 1. The number of hydrogen-bond donors (Lipinski definition) is 12. The molecule has 1 aliphatic heterocycles. The Morgan fingerprint density at radius 1 is 0.661 bits per heavy atom. The average molecular weight is 849 g/mol. The molecule has 1 saturated heterocycles. The number of thiol groups is 1. The molecular weight excluding hydrogens is 793 g/mol. The quantitative estimate of drug-likeness (QED) is 0.0995. The van der Waals surface area contributed by atoms with Gasteiger partial charge in [0.2, 0.25) is 59.1 Å². The number of aliphatic hydroxyl groups excluding tert-OH is 1. The normalized spacial score (nSPS) is 24.7. The van der Waals surface area contributed by atoms with Crippen LogP contribution < -0.4 is 53.6 Å². The maximum Gasteiger partial charge on any atom is 0.245 e. The minimum Gasteiger partial charge on any atom is -0.394 e. The zero-order chi connectivity index (χ0) is 44.2. The van der Waals surface area contributed by atoms with Gasteiger partial charge in [0.1, 0.15) is 36.3 Å². The second-order valence-electron chi connectivity index (χ2n) is 14.4. The number of carbonyl (C=O) groups is 10. The lowest BCUT2D eigenvalue weighted by Crippen LogP contribution is -2.58. The van der Waals surface area contributed by atoms with Crippen molar-refractivity contribution in [2.24, 2.45) is 17.6 Å². The third-order valence-corrected chi connectivity index (χ3v) is 9.41. The fraction of sp³-hybridized carbons (Fsp3) is 0.568. The van der Waals surface area contributed by atoms with Crippen molar-refractivity contribution >= 4 is 71.7 Å². The van der Waals surface area contributed by atoms with Crippen LogP contribution in [0.15, 0.2) is 30.3 Å². The van der Waals surface area contributed by atoms with E-state index in [0.29, 0.717) is 12.0 Å². The molecule has 326 valence electrons. The predicted octanol–water partition coefficient (Wildman–Crippen LogP) is -4.61. The van der Waals surface area contributed by atoms with E-state index in [0.717, 1.165) is 0 Å². The van der Waals surface area contributed by atoms with E-state index in [-0.39, 0.29) is 24.5 Å². The summed E-state index contributed by atoms with van der Waals surface area (Å²) in [6, 6.07) is 0.290. The number of nitrogens with two attached hydrogens (primary N) is 1. The molecule has 10 amide bonds. The molecule has 12 N–H and O–H groups in total. The maximum absolute atomic E-state index is 13.8. The Morgan fingerprint density at radius 2 is 1.14 bits per heavy atom. The van der Waals surface area contributed by atoms with Crippen molar-refractivity contribution in [3.8, 4) is 0 Å². The largest absolute Gasteiger partial charge is 0.394 e. The van der Waals surface area contributed by atoms with Crippen LogP contribution in [-0.2, 0) is 54.4 Å². The lowest BCUT2D eigenvalue weighted by Gasteiger charge is -2.27. The van der Waals surface area contributed by atoms with E-state index in [4.69, 9.17) is 5.73 Å². The zero-order valence-electron chi connectivity index (χ0n) is 33.4. The van der Waals surface area contributed by atoms with Gasteiger partial charge in [-0.2, -0.15) is 12.6 Å². The predicted molar refractivity (Wildman–Crippen MR) is 214 cm³/mol. The Kier molecular flexibility index (Phi) is 20.8. The van der Waals surface area contributed by atoms with E-state index in [1.54, 1.807) is 58.0 Å². The van der Waals surface area contributed by atoms with Gasteiger partial charge in [-0.3, -0.25) is 47.9 Å². The minimum atomic E-state index is -1.59. The first-order valence-corrected chi connectivity index (χ1v) is 19.7. The molecule has 1 aromatic rings. The monoisotopic (exact) mass is 848 g/mol. The molecule has 2 rings (SSSR count). The van der Waals surface area contributed by atoms with Crippen molar-refractivity contribution in [2.75, 3.05) is 32.0 Å². The highest BCUT2D eigenvalue weighted by Gasteiger charge is 2.33. The summed E-state index contributed by atoms with van der Waals surface area (Å²) in [5, 5.41) is 31.4. The molecule has 0 saturated carbocycles. The zero-order valence-corrected chi connectivity index (χ0v) is 34.3. The second kappa shape index (κ2) is 24.9. The van der Waals surface area contributed by atoms with Crippen LogP contribution in [-0.4, -0.2) is 132 Å². The summed E-state index contributed by atoms with van der Waals surface area (Å²) in [4.78, 5) is 131. The Balaban J connectivity index is 2.49. The maximum atomic E-state index is 13.8. The highest BCUT2D eigenvalue weighted by molar-refractivity contribution is 7.80. The van der Waals surface area contributed by atoms with Gasteiger partial charge in [0.05, 0.1) is 32.7 Å². The van der Waals surface area contributed by atoms with Gasteiger partial charge in [0.15, 0.2) is 0 Å². The van der Waals surface area contributed by atoms with Crippen molar-refractivity contribution < 1.29 is 53.1 Å². The highest BCUT2D eigenvalue weighted by atomic mass is 32.1. The van der Waals surface area contributed by atoms with Gasteiger partial charge in [0.25, 0.3) is 0 Å². The first-order valence-electron chi connectivity index (χ1n) is 19.0. The Morgan fingerprint density at radius 3 is 1.64 bits per heavy atom. The lowest BCUT2D eigenvalue weighted by atomic mass is 9.97. The molecule has 0 aromatic heterocycles. The van der Waals surface area contributed by atoms with Gasteiger partial charge in [-0.15, -0.1) is 0 Å². The number of amides is 10. The molecule has 0 bridgehead atoms. The Labute approximate surface area is 347 Å². The van der Waals surface area contributed by atoms with Crippen LogP contribution in [0.3, 0.4) is 0 Å². The van der Waals surface area contributed by atoms with Crippen LogP contribution in [0.25, 0.3) is 0 Å². The fourth-order valence-electron chi connectivity index (χ4n) is 5.66. The molecule has 1 aliphatic rings. The molecule has 7 atom stereocenters. The van der Waals surface area contributed by atoms with E-state index >= 15 is 0 Å². The molecule has 0 spiro atoms. The molecule has 1 aromatic carbocycles. The molecule has 1 fully saturated rings. The number of carbonyl (C=O) groups excluding carboxylic acids is 10. The van der Waals surface area contributed by atoms with Crippen LogP contribution in [0, 0.1) is 11.8 Å². The summed E-state index contributed by atoms with van der Waals surface area (Å²) in [5.74, 6) is -9.87. The summed E-state index contributed by atoms with van der Waals surface area (Å²) < 4.78 is 0. The van der Waals surface area contributed by atoms with Gasteiger partial charge in [0, 0.05) is 12.2 Å².